The number of ether oxygens (including phenoxy) is 2. The van der Waals surface area contributed by atoms with Gasteiger partial charge in [0.2, 0.25) is 0 Å². The van der Waals surface area contributed by atoms with Crippen LogP contribution in [0.3, 0.4) is 0 Å². The fourth-order valence-corrected chi connectivity index (χ4v) is 2.28. The van der Waals surface area contributed by atoms with Crippen LogP contribution < -0.4 is 4.74 Å². The van der Waals surface area contributed by atoms with E-state index in [4.69, 9.17) is 9.47 Å². The number of nitrogens with zero attached hydrogens (tertiary/aromatic N) is 2. The predicted molar refractivity (Wildman–Crippen MR) is 84.4 cm³/mol. The van der Waals surface area contributed by atoms with Gasteiger partial charge in [-0.25, -0.2) is 4.79 Å². The van der Waals surface area contributed by atoms with Crippen molar-refractivity contribution in [2.45, 2.75) is 6.54 Å². The van der Waals surface area contributed by atoms with Crippen molar-refractivity contribution in [3.63, 3.8) is 0 Å². The number of hydrogen-bond acceptors (Lipinski definition) is 5. The average molecular weight is 306 g/mol. The van der Waals surface area contributed by atoms with Gasteiger partial charge in [-0.2, -0.15) is 0 Å². The lowest BCUT2D eigenvalue weighted by molar-refractivity contribution is 0.0469. The SMILES string of the molecule is COc1ccc2c(c1)cc(C(=O)OCCN(C)C)n2CCO. The molecule has 0 radical (unpaired) electrons. The normalized spacial score (nSPS) is 11.1. The number of carbonyl (C=O) groups excluding carboxylic acids is 1. The minimum Gasteiger partial charge on any atom is -0.497 e. The molecule has 2 aromatic rings. The smallest absolute Gasteiger partial charge is 0.355 e. The summed E-state index contributed by atoms with van der Waals surface area (Å²) in [5.41, 5.74) is 1.31. The summed E-state index contributed by atoms with van der Waals surface area (Å²) in [6, 6.07) is 7.34. The number of benzene rings is 1. The van der Waals surface area contributed by atoms with Crippen molar-refractivity contribution < 1.29 is 19.4 Å². The second kappa shape index (κ2) is 7.29. The lowest BCUT2D eigenvalue weighted by atomic mass is 10.2. The molecule has 1 heterocycles. The van der Waals surface area contributed by atoms with Crippen molar-refractivity contribution in [1.82, 2.24) is 9.47 Å². The molecule has 0 amide bonds. The van der Waals surface area contributed by atoms with Crippen LogP contribution in [0.2, 0.25) is 0 Å². The second-order valence-corrected chi connectivity index (χ2v) is 5.27. The Morgan fingerprint density at radius 3 is 2.73 bits per heavy atom. The van der Waals surface area contributed by atoms with E-state index >= 15 is 0 Å². The van der Waals surface area contributed by atoms with Crippen molar-refractivity contribution in [2.75, 3.05) is 41.0 Å². The molecule has 0 aliphatic carbocycles. The largest absolute Gasteiger partial charge is 0.497 e. The Hall–Kier alpha value is -2.05. The molecular weight excluding hydrogens is 284 g/mol. The first-order valence-electron chi connectivity index (χ1n) is 7.17. The average Bonchev–Trinajstić information content (AvgIpc) is 2.85. The van der Waals surface area contributed by atoms with Crippen molar-refractivity contribution in [3.05, 3.63) is 30.0 Å². The molecule has 0 saturated heterocycles. The van der Waals surface area contributed by atoms with Gasteiger partial charge >= 0.3 is 5.97 Å². The molecule has 1 aromatic carbocycles. The molecular formula is C16H22N2O4. The first-order chi connectivity index (χ1) is 10.6. The summed E-state index contributed by atoms with van der Waals surface area (Å²) in [4.78, 5) is 14.2. The van der Waals surface area contributed by atoms with E-state index in [9.17, 15) is 9.90 Å². The Kier molecular flexibility index (Phi) is 5.41. The Bertz CT molecular complexity index is 649. The van der Waals surface area contributed by atoms with Gasteiger partial charge in [-0.1, -0.05) is 0 Å². The van der Waals surface area contributed by atoms with E-state index in [1.807, 2.05) is 37.2 Å². The van der Waals surface area contributed by atoms with Crippen molar-refractivity contribution in [2.24, 2.45) is 0 Å². The quantitative estimate of drug-likeness (QED) is 0.783. The maximum absolute atomic E-state index is 12.3. The van der Waals surface area contributed by atoms with E-state index in [1.165, 1.54) is 0 Å². The van der Waals surface area contributed by atoms with Gasteiger partial charge in [0.05, 0.1) is 13.7 Å². The fraction of sp³-hybridized carbons (Fsp3) is 0.438. The van der Waals surface area contributed by atoms with Crippen molar-refractivity contribution in [1.29, 1.82) is 0 Å². The van der Waals surface area contributed by atoms with E-state index in [1.54, 1.807) is 17.7 Å². The monoisotopic (exact) mass is 306 g/mol. The van der Waals surface area contributed by atoms with Gasteiger partial charge in [0.15, 0.2) is 0 Å². The first kappa shape index (κ1) is 16.3. The molecule has 6 nitrogen and oxygen atoms in total. The molecule has 1 aromatic heterocycles. The maximum Gasteiger partial charge on any atom is 0.355 e. The number of esters is 1. The zero-order chi connectivity index (χ0) is 16.1. The van der Waals surface area contributed by atoms with Crippen LogP contribution in [0, 0.1) is 0 Å². The summed E-state index contributed by atoms with van der Waals surface area (Å²) in [6.45, 7) is 1.29. The second-order valence-electron chi connectivity index (χ2n) is 5.27. The molecule has 6 heteroatoms. The number of fused-ring (bicyclic) bond motifs is 1. The van der Waals surface area contributed by atoms with E-state index in [-0.39, 0.29) is 12.6 Å². The number of methoxy groups -OCH3 is 1. The van der Waals surface area contributed by atoms with Crippen LogP contribution in [0.5, 0.6) is 5.75 Å². The number of hydrogen-bond donors (Lipinski definition) is 1. The molecule has 2 rings (SSSR count). The van der Waals surface area contributed by atoms with Crippen molar-refractivity contribution in [3.8, 4) is 5.75 Å². The van der Waals surface area contributed by atoms with E-state index in [0.717, 1.165) is 16.7 Å². The van der Waals surface area contributed by atoms with E-state index in [0.29, 0.717) is 25.4 Å². The molecule has 22 heavy (non-hydrogen) atoms. The minimum atomic E-state index is -0.384. The molecule has 0 aliphatic rings. The summed E-state index contributed by atoms with van der Waals surface area (Å²) in [7, 11) is 5.44. The van der Waals surface area contributed by atoms with Gasteiger partial charge in [0.25, 0.3) is 0 Å². The van der Waals surface area contributed by atoms with Crippen LogP contribution in [0.25, 0.3) is 10.9 Å². The minimum absolute atomic E-state index is 0.0478. The fourth-order valence-electron chi connectivity index (χ4n) is 2.28. The van der Waals surface area contributed by atoms with Crippen LogP contribution in [0.1, 0.15) is 10.5 Å². The number of aliphatic hydroxyl groups excluding tert-OH is 1. The van der Waals surface area contributed by atoms with Crippen LogP contribution >= 0.6 is 0 Å². The van der Waals surface area contributed by atoms with Gasteiger partial charge in [-0.05, 0) is 38.4 Å². The molecule has 0 saturated carbocycles. The topological polar surface area (TPSA) is 63.9 Å². The number of carbonyl (C=O) groups is 1. The third kappa shape index (κ3) is 3.58. The molecule has 120 valence electrons. The molecule has 0 fully saturated rings. The number of rotatable bonds is 7. The molecule has 0 unspecified atom stereocenters. The lowest BCUT2D eigenvalue weighted by Gasteiger charge is -2.11. The van der Waals surface area contributed by atoms with E-state index < -0.39 is 0 Å². The highest BCUT2D eigenvalue weighted by Crippen LogP contribution is 2.25. The van der Waals surface area contributed by atoms with Crippen molar-refractivity contribution >= 4 is 16.9 Å². The lowest BCUT2D eigenvalue weighted by Crippen LogP contribution is -2.21. The molecule has 0 aliphatic heterocycles. The van der Waals surface area contributed by atoms with Crippen LogP contribution in [0.4, 0.5) is 0 Å². The molecule has 0 bridgehead atoms. The number of aliphatic hydroxyl groups is 1. The van der Waals surface area contributed by atoms with Gasteiger partial charge < -0.3 is 24.0 Å². The summed E-state index contributed by atoms with van der Waals surface area (Å²) in [5, 5.41) is 10.1. The highest BCUT2D eigenvalue weighted by atomic mass is 16.5. The summed E-state index contributed by atoms with van der Waals surface area (Å²) in [6.07, 6.45) is 0. The Morgan fingerprint density at radius 2 is 2.09 bits per heavy atom. The van der Waals surface area contributed by atoms with E-state index in [2.05, 4.69) is 0 Å². The molecule has 0 atom stereocenters. The predicted octanol–water partition coefficient (Wildman–Crippen LogP) is 1.36. The van der Waals surface area contributed by atoms with Crippen LogP contribution in [-0.4, -0.2) is 61.5 Å². The summed E-state index contributed by atoms with van der Waals surface area (Å²) >= 11 is 0. The third-order valence-corrected chi connectivity index (χ3v) is 3.41. The highest BCUT2D eigenvalue weighted by molar-refractivity contribution is 5.96. The molecule has 1 N–H and O–H groups in total. The molecule has 0 spiro atoms. The maximum atomic E-state index is 12.3. The van der Waals surface area contributed by atoms with Gasteiger partial charge in [0.1, 0.15) is 18.1 Å². The Morgan fingerprint density at radius 1 is 1.32 bits per heavy atom. The Balaban J connectivity index is 2.30. The summed E-state index contributed by atoms with van der Waals surface area (Å²) < 4.78 is 12.3. The standard InChI is InChI=1S/C16H22N2O4/c1-17(2)7-9-22-16(20)15-11-12-10-13(21-3)4-5-14(12)18(15)6-8-19/h4-5,10-11,19H,6-9H2,1-3H3. The van der Waals surface area contributed by atoms with Gasteiger partial charge in [0, 0.05) is 24.0 Å². The van der Waals surface area contributed by atoms with Crippen LogP contribution in [0.15, 0.2) is 24.3 Å². The van der Waals surface area contributed by atoms with Gasteiger partial charge in [-0.15, -0.1) is 0 Å². The zero-order valence-electron chi connectivity index (χ0n) is 13.2. The third-order valence-electron chi connectivity index (χ3n) is 3.41. The van der Waals surface area contributed by atoms with Gasteiger partial charge in [-0.3, -0.25) is 0 Å². The Labute approximate surface area is 129 Å². The zero-order valence-corrected chi connectivity index (χ0v) is 13.2. The number of likely N-dealkylation sites (N-methyl/N-ethyl adjacent to an activating group) is 1. The summed E-state index contributed by atoms with van der Waals surface area (Å²) in [5.74, 6) is 0.339. The first-order valence-corrected chi connectivity index (χ1v) is 7.17. The highest BCUT2D eigenvalue weighted by Gasteiger charge is 2.17. The van der Waals surface area contributed by atoms with Crippen LogP contribution in [-0.2, 0) is 11.3 Å². The number of aromatic nitrogens is 1.